The summed E-state index contributed by atoms with van der Waals surface area (Å²) in [6.45, 7) is 1.29. The average Bonchev–Trinajstić information content (AvgIpc) is 3.22. The zero-order valence-electron chi connectivity index (χ0n) is 16.3. The Labute approximate surface area is 173 Å². The fourth-order valence-electron chi connectivity index (χ4n) is 3.79. The summed E-state index contributed by atoms with van der Waals surface area (Å²) < 4.78 is 44.0. The van der Waals surface area contributed by atoms with Crippen molar-refractivity contribution in [3.8, 4) is 16.9 Å². The topological polar surface area (TPSA) is 32.7 Å². The standard InChI is InChI=1S/C24H22F3NO2/c25-24(26,27)20-7-9-21(10-8-20)30-22-12-13-28(15-22)23-11-6-18(14-19(23)16-29)17-4-2-1-3-5-17/h1-11,14,22,29H,12-13,15-16H2/t22-/m0/s1. The molecule has 0 unspecified atom stereocenters. The molecule has 1 atom stereocenters. The molecule has 1 heterocycles. The van der Waals surface area contributed by atoms with Gasteiger partial charge >= 0.3 is 6.18 Å². The molecule has 0 amide bonds. The molecule has 3 aromatic rings. The lowest BCUT2D eigenvalue weighted by molar-refractivity contribution is -0.137. The van der Waals surface area contributed by atoms with Gasteiger partial charge in [0.25, 0.3) is 0 Å². The fourth-order valence-corrected chi connectivity index (χ4v) is 3.79. The van der Waals surface area contributed by atoms with Crippen LogP contribution in [0.5, 0.6) is 5.75 Å². The van der Waals surface area contributed by atoms with Crippen molar-refractivity contribution in [3.05, 3.63) is 83.9 Å². The SMILES string of the molecule is OCc1cc(-c2ccccc2)ccc1N1CC[C@H](Oc2ccc(C(F)(F)F)cc2)C1. The smallest absolute Gasteiger partial charge is 0.416 e. The van der Waals surface area contributed by atoms with E-state index in [2.05, 4.69) is 4.90 Å². The van der Waals surface area contributed by atoms with Crippen molar-refractivity contribution in [2.45, 2.75) is 25.3 Å². The van der Waals surface area contributed by atoms with E-state index in [1.807, 2.05) is 48.5 Å². The maximum absolute atomic E-state index is 12.7. The van der Waals surface area contributed by atoms with Crippen molar-refractivity contribution in [1.29, 1.82) is 0 Å². The Morgan fingerprint density at radius 3 is 2.33 bits per heavy atom. The zero-order chi connectivity index (χ0) is 21.1. The highest BCUT2D eigenvalue weighted by Gasteiger charge is 2.30. The normalized spacial score (nSPS) is 16.7. The summed E-state index contributed by atoms with van der Waals surface area (Å²) in [6.07, 6.45) is -3.72. The molecule has 30 heavy (non-hydrogen) atoms. The zero-order valence-corrected chi connectivity index (χ0v) is 16.3. The Morgan fingerprint density at radius 2 is 1.67 bits per heavy atom. The highest BCUT2D eigenvalue weighted by molar-refractivity contribution is 5.69. The number of ether oxygens (including phenoxy) is 1. The summed E-state index contributed by atoms with van der Waals surface area (Å²) >= 11 is 0. The molecule has 1 aliphatic heterocycles. The molecule has 1 saturated heterocycles. The van der Waals surface area contributed by atoms with Gasteiger partial charge in [-0.25, -0.2) is 0 Å². The molecule has 3 aromatic carbocycles. The van der Waals surface area contributed by atoms with Gasteiger partial charge in [0.1, 0.15) is 11.9 Å². The minimum Gasteiger partial charge on any atom is -0.489 e. The van der Waals surface area contributed by atoms with Gasteiger partial charge < -0.3 is 14.7 Å². The van der Waals surface area contributed by atoms with Crippen LogP contribution in [0.15, 0.2) is 72.8 Å². The fraction of sp³-hybridized carbons (Fsp3) is 0.250. The molecule has 0 saturated carbocycles. The number of nitrogens with zero attached hydrogens (tertiary/aromatic N) is 1. The molecule has 0 aliphatic carbocycles. The van der Waals surface area contributed by atoms with Crippen LogP contribution in [0.3, 0.4) is 0 Å². The molecule has 156 valence electrons. The second-order valence-electron chi connectivity index (χ2n) is 7.36. The Balaban J connectivity index is 1.45. The van der Waals surface area contributed by atoms with Crippen LogP contribution in [0, 0.1) is 0 Å². The number of rotatable bonds is 5. The molecule has 0 spiro atoms. The number of aliphatic hydroxyl groups excluding tert-OH is 1. The van der Waals surface area contributed by atoms with Crippen LogP contribution in [-0.2, 0) is 12.8 Å². The first-order valence-corrected chi connectivity index (χ1v) is 9.82. The largest absolute Gasteiger partial charge is 0.489 e. The third-order valence-corrected chi connectivity index (χ3v) is 5.33. The number of benzene rings is 3. The first-order valence-electron chi connectivity index (χ1n) is 9.82. The van der Waals surface area contributed by atoms with E-state index >= 15 is 0 Å². The first-order chi connectivity index (χ1) is 14.4. The summed E-state index contributed by atoms with van der Waals surface area (Å²) in [7, 11) is 0. The van der Waals surface area contributed by atoms with E-state index in [1.165, 1.54) is 12.1 Å². The summed E-state index contributed by atoms with van der Waals surface area (Å²) in [4.78, 5) is 2.15. The van der Waals surface area contributed by atoms with Gasteiger partial charge in [0.15, 0.2) is 0 Å². The van der Waals surface area contributed by atoms with Crippen LogP contribution in [0.4, 0.5) is 18.9 Å². The van der Waals surface area contributed by atoms with E-state index in [1.54, 1.807) is 0 Å². The summed E-state index contributed by atoms with van der Waals surface area (Å²) in [5, 5.41) is 9.89. The molecule has 4 rings (SSSR count). The van der Waals surface area contributed by atoms with Gasteiger partial charge in [-0.15, -0.1) is 0 Å². The third kappa shape index (κ3) is 4.44. The molecule has 1 N–H and O–H groups in total. The predicted molar refractivity (Wildman–Crippen MR) is 110 cm³/mol. The van der Waals surface area contributed by atoms with Crippen LogP contribution < -0.4 is 9.64 Å². The maximum Gasteiger partial charge on any atom is 0.416 e. The number of hydrogen-bond acceptors (Lipinski definition) is 3. The van der Waals surface area contributed by atoms with Crippen LogP contribution >= 0.6 is 0 Å². The molecule has 3 nitrogen and oxygen atoms in total. The molecule has 0 radical (unpaired) electrons. The van der Waals surface area contributed by atoms with Crippen molar-refractivity contribution in [1.82, 2.24) is 0 Å². The highest BCUT2D eigenvalue weighted by atomic mass is 19.4. The number of hydrogen-bond donors (Lipinski definition) is 1. The third-order valence-electron chi connectivity index (χ3n) is 5.33. The maximum atomic E-state index is 12.7. The molecular weight excluding hydrogens is 391 g/mol. The summed E-state index contributed by atoms with van der Waals surface area (Å²) in [6, 6.07) is 20.8. The van der Waals surface area contributed by atoms with Gasteiger partial charge in [0.05, 0.1) is 18.7 Å². The minimum atomic E-state index is -4.35. The second-order valence-corrected chi connectivity index (χ2v) is 7.36. The van der Waals surface area contributed by atoms with Gasteiger partial charge in [0.2, 0.25) is 0 Å². The van der Waals surface area contributed by atoms with Crippen LogP contribution in [0.1, 0.15) is 17.5 Å². The quantitative estimate of drug-likeness (QED) is 0.598. The molecule has 6 heteroatoms. The van der Waals surface area contributed by atoms with Crippen molar-refractivity contribution in [2.24, 2.45) is 0 Å². The van der Waals surface area contributed by atoms with E-state index in [9.17, 15) is 18.3 Å². The van der Waals surface area contributed by atoms with Crippen LogP contribution in [0.25, 0.3) is 11.1 Å². The summed E-state index contributed by atoms with van der Waals surface area (Å²) in [5.41, 5.74) is 3.24. The first kappa shape index (κ1) is 20.3. The predicted octanol–water partition coefficient (Wildman–Crippen LogP) is 5.52. The van der Waals surface area contributed by atoms with Crippen LogP contribution in [-0.4, -0.2) is 24.3 Å². The molecule has 0 bridgehead atoms. The Hall–Kier alpha value is -2.99. The summed E-state index contributed by atoms with van der Waals surface area (Å²) in [5.74, 6) is 0.427. The van der Waals surface area contributed by atoms with E-state index in [4.69, 9.17) is 4.74 Å². The lowest BCUT2D eigenvalue weighted by Gasteiger charge is -2.22. The number of aliphatic hydroxyl groups is 1. The monoisotopic (exact) mass is 413 g/mol. The van der Waals surface area contributed by atoms with Crippen LogP contribution in [0.2, 0.25) is 0 Å². The molecular formula is C24H22F3NO2. The second kappa shape index (κ2) is 8.40. The van der Waals surface area contributed by atoms with E-state index in [0.717, 1.165) is 47.5 Å². The number of halogens is 3. The van der Waals surface area contributed by atoms with Crippen molar-refractivity contribution in [2.75, 3.05) is 18.0 Å². The van der Waals surface area contributed by atoms with E-state index in [-0.39, 0.29) is 12.7 Å². The van der Waals surface area contributed by atoms with Gasteiger partial charge in [0, 0.05) is 24.2 Å². The van der Waals surface area contributed by atoms with Gasteiger partial charge in [-0.2, -0.15) is 13.2 Å². The Kier molecular flexibility index (Phi) is 5.68. The number of anilines is 1. The minimum absolute atomic E-state index is 0.0725. The van der Waals surface area contributed by atoms with Gasteiger partial charge in [-0.05, 0) is 47.5 Å². The molecule has 0 aromatic heterocycles. The lowest BCUT2D eigenvalue weighted by Crippen LogP contribution is -2.25. The van der Waals surface area contributed by atoms with E-state index in [0.29, 0.717) is 12.3 Å². The van der Waals surface area contributed by atoms with E-state index < -0.39 is 11.7 Å². The highest BCUT2D eigenvalue weighted by Crippen LogP contribution is 2.32. The number of alkyl halides is 3. The average molecular weight is 413 g/mol. The lowest BCUT2D eigenvalue weighted by atomic mass is 10.0. The van der Waals surface area contributed by atoms with Crippen molar-refractivity contribution >= 4 is 5.69 Å². The van der Waals surface area contributed by atoms with Gasteiger partial charge in [-0.1, -0.05) is 36.4 Å². The Bertz CT molecular complexity index is 988. The molecule has 1 fully saturated rings. The molecule has 1 aliphatic rings. The van der Waals surface area contributed by atoms with Gasteiger partial charge in [-0.3, -0.25) is 0 Å². The van der Waals surface area contributed by atoms with Crippen molar-refractivity contribution in [3.63, 3.8) is 0 Å². The van der Waals surface area contributed by atoms with Crippen molar-refractivity contribution < 1.29 is 23.0 Å². The Morgan fingerprint density at radius 1 is 0.933 bits per heavy atom.